The van der Waals surface area contributed by atoms with Gasteiger partial charge < -0.3 is 24.8 Å². The maximum Gasteiger partial charge on any atom is 0.471 e. The number of hydrogen-bond acceptors (Lipinski definition) is 6. The molecule has 0 spiro atoms. The van der Waals surface area contributed by atoms with Crippen molar-refractivity contribution in [3.8, 4) is 11.1 Å². The van der Waals surface area contributed by atoms with Crippen LogP contribution in [0.15, 0.2) is 72.8 Å². The number of carbonyl (C=O) groups excluding carboxylic acids is 2. The smallest absolute Gasteiger partial charge is 0.392 e. The van der Waals surface area contributed by atoms with Gasteiger partial charge in [0.1, 0.15) is 6.04 Å². The third-order valence-corrected chi connectivity index (χ3v) is 11.6. The second kappa shape index (κ2) is 14.8. The highest BCUT2D eigenvalue weighted by Crippen LogP contribution is 2.53. The SMILES string of the molecule is CC1(C)CC2CC(C)(CN2C[C@@H]2C[C@H](c3ccc(CO)cc3)O[C@H](c3ccc(-c4ccccc4CNC(=O)[C@@H]4CCCN4C(=O)C(F)(F)F)cc3)O2)C1. The van der Waals surface area contributed by atoms with E-state index in [1.807, 2.05) is 72.8 Å². The lowest BCUT2D eigenvalue weighted by molar-refractivity contribution is -0.253. The van der Waals surface area contributed by atoms with Gasteiger partial charge in [0.05, 0.1) is 18.8 Å². The number of halogens is 3. The number of aliphatic hydroxyl groups is 1. The van der Waals surface area contributed by atoms with Crippen molar-refractivity contribution in [3.63, 3.8) is 0 Å². The number of ether oxygens (including phenoxy) is 2. The highest BCUT2D eigenvalue weighted by Gasteiger charge is 2.50. The zero-order valence-corrected chi connectivity index (χ0v) is 30.7. The van der Waals surface area contributed by atoms with Crippen LogP contribution in [-0.2, 0) is 32.2 Å². The molecule has 6 atom stereocenters. The Morgan fingerprint density at radius 3 is 2.38 bits per heavy atom. The Hall–Kier alpha value is -3.77. The topological polar surface area (TPSA) is 91.3 Å². The number of likely N-dealkylation sites (tertiary alicyclic amines) is 2. The van der Waals surface area contributed by atoms with E-state index >= 15 is 0 Å². The molecule has 4 fully saturated rings. The Balaban J connectivity index is 1.06. The lowest BCUT2D eigenvalue weighted by atomic mass is 9.65. The van der Waals surface area contributed by atoms with Crippen molar-refractivity contribution in [2.75, 3.05) is 19.6 Å². The summed E-state index contributed by atoms with van der Waals surface area (Å²) in [6, 6.07) is 22.8. The third kappa shape index (κ3) is 8.33. The van der Waals surface area contributed by atoms with Crippen LogP contribution in [0.25, 0.3) is 11.1 Å². The van der Waals surface area contributed by atoms with Crippen LogP contribution in [0.1, 0.15) is 93.9 Å². The van der Waals surface area contributed by atoms with Crippen LogP contribution in [0.5, 0.6) is 0 Å². The summed E-state index contributed by atoms with van der Waals surface area (Å²) in [5.74, 6) is -2.57. The van der Waals surface area contributed by atoms with Crippen molar-refractivity contribution in [1.82, 2.24) is 15.1 Å². The van der Waals surface area contributed by atoms with Gasteiger partial charge in [-0.2, -0.15) is 13.2 Å². The first kappa shape index (κ1) is 37.5. The summed E-state index contributed by atoms with van der Waals surface area (Å²) in [4.78, 5) is 28.2. The van der Waals surface area contributed by atoms with Gasteiger partial charge in [0.25, 0.3) is 0 Å². The van der Waals surface area contributed by atoms with E-state index in [0.29, 0.717) is 28.2 Å². The minimum absolute atomic E-state index is 0.0183. The van der Waals surface area contributed by atoms with Gasteiger partial charge in [-0.05, 0) is 70.8 Å². The summed E-state index contributed by atoms with van der Waals surface area (Å²) >= 11 is 0. The Labute approximate surface area is 309 Å². The van der Waals surface area contributed by atoms with E-state index in [0.717, 1.165) is 52.9 Å². The Kier molecular flexibility index (Phi) is 10.5. The molecule has 0 radical (unpaired) electrons. The Morgan fingerprint density at radius 2 is 1.66 bits per heavy atom. The lowest BCUT2D eigenvalue weighted by Crippen LogP contribution is -2.50. The van der Waals surface area contributed by atoms with Gasteiger partial charge in [-0.1, -0.05) is 93.6 Å². The van der Waals surface area contributed by atoms with E-state index in [1.165, 1.54) is 19.3 Å². The molecule has 2 amide bonds. The van der Waals surface area contributed by atoms with Gasteiger partial charge in [-0.15, -0.1) is 0 Å². The van der Waals surface area contributed by atoms with Crippen molar-refractivity contribution in [2.24, 2.45) is 10.8 Å². The van der Waals surface area contributed by atoms with Gasteiger partial charge in [0.2, 0.25) is 5.91 Å². The van der Waals surface area contributed by atoms with Gasteiger partial charge in [-0.25, -0.2) is 0 Å². The van der Waals surface area contributed by atoms with Gasteiger partial charge >= 0.3 is 12.1 Å². The molecule has 3 saturated heterocycles. The minimum atomic E-state index is -5.02. The number of benzene rings is 3. The first-order valence-corrected chi connectivity index (χ1v) is 18.8. The molecule has 2 bridgehead atoms. The molecule has 2 N–H and O–H groups in total. The minimum Gasteiger partial charge on any atom is -0.392 e. The number of amides is 2. The summed E-state index contributed by atoms with van der Waals surface area (Å²) < 4.78 is 52.8. The van der Waals surface area contributed by atoms with E-state index in [2.05, 4.69) is 31.0 Å². The zero-order chi connectivity index (χ0) is 37.5. The monoisotopic (exact) mass is 733 g/mol. The zero-order valence-electron chi connectivity index (χ0n) is 30.7. The molecule has 3 aromatic carbocycles. The number of alkyl halides is 3. The molecule has 3 aromatic rings. The number of nitrogens with zero attached hydrogens (tertiary/aromatic N) is 2. The second-order valence-corrected chi connectivity index (χ2v) is 16.6. The predicted octanol–water partition coefficient (Wildman–Crippen LogP) is 7.46. The predicted molar refractivity (Wildman–Crippen MR) is 194 cm³/mol. The fourth-order valence-corrected chi connectivity index (χ4v) is 9.61. The number of aliphatic hydroxyl groups excluding tert-OH is 1. The fraction of sp³-hybridized carbons (Fsp3) is 0.524. The van der Waals surface area contributed by atoms with Gasteiger partial charge in [-0.3, -0.25) is 14.5 Å². The van der Waals surface area contributed by atoms with E-state index in [-0.39, 0.29) is 38.3 Å². The highest BCUT2D eigenvalue weighted by molar-refractivity contribution is 5.90. The lowest BCUT2D eigenvalue weighted by Gasteiger charge is -2.41. The van der Waals surface area contributed by atoms with Crippen molar-refractivity contribution in [3.05, 3.63) is 95.1 Å². The molecule has 7 rings (SSSR count). The molecule has 1 aliphatic carbocycles. The van der Waals surface area contributed by atoms with Crippen molar-refractivity contribution in [1.29, 1.82) is 0 Å². The second-order valence-electron chi connectivity index (χ2n) is 16.6. The summed E-state index contributed by atoms with van der Waals surface area (Å²) in [7, 11) is 0. The van der Waals surface area contributed by atoms with Crippen LogP contribution in [0.4, 0.5) is 13.2 Å². The van der Waals surface area contributed by atoms with E-state index < -0.39 is 30.3 Å². The van der Waals surface area contributed by atoms with Crippen molar-refractivity contribution in [2.45, 2.75) is 109 Å². The van der Waals surface area contributed by atoms with Crippen LogP contribution in [0.3, 0.4) is 0 Å². The summed E-state index contributed by atoms with van der Waals surface area (Å²) in [5.41, 5.74) is 5.98. The highest BCUT2D eigenvalue weighted by atomic mass is 19.4. The van der Waals surface area contributed by atoms with Crippen molar-refractivity contribution >= 4 is 11.8 Å². The molecule has 2 unspecified atom stereocenters. The number of nitrogens with one attached hydrogen (secondary N) is 1. The summed E-state index contributed by atoms with van der Waals surface area (Å²) in [5, 5.41) is 12.4. The van der Waals surface area contributed by atoms with E-state index in [9.17, 15) is 27.9 Å². The first-order chi connectivity index (χ1) is 25.2. The molecule has 3 heterocycles. The largest absolute Gasteiger partial charge is 0.471 e. The molecular weight excluding hydrogens is 683 g/mol. The first-order valence-electron chi connectivity index (χ1n) is 18.8. The number of rotatable bonds is 9. The van der Waals surface area contributed by atoms with E-state index in [4.69, 9.17) is 9.47 Å². The number of fused-ring (bicyclic) bond motifs is 2. The molecule has 8 nitrogen and oxygen atoms in total. The van der Waals surface area contributed by atoms with Gasteiger partial charge in [0.15, 0.2) is 6.29 Å². The number of carbonyl (C=O) groups is 2. The number of hydrogen-bond donors (Lipinski definition) is 2. The van der Waals surface area contributed by atoms with Crippen LogP contribution < -0.4 is 5.32 Å². The van der Waals surface area contributed by atoms with Crippen LogP contribution in [0, 0.1) is 10.8 Å². The Morgan fingerprint density at radius 1 is 0.943 bits per heavy atom. The van der Waals surface area contributed by atoms with E-state index in [1.54, 1.807) is 0 Å². The van der Waals surface area contributed by atoms with Crippen molar-refractivity contribution < 1.29 is 37.3 Å². The normalized spacial score (nSPS) is 28.6. The van der Waals surface area contributed by atoms with Gasteiger partial charge in [0, 0.05) is 44.2 Å². The quantitative estimate of drug-likeness (QED) is 0.237. The van der Waals surface area contributed by atoms with Crippen LogP contribution >= 0.6 is 0 Å². The molecule has 4 aliphatic rings. The fourth-order valence-electron chi connectivity index (χ4n) is 9.61. The third-order valence-electron chi connectivity index (χ3n) is 11.6. The maximum absolute atomic E-state index is 13.1. The molecule has 53 heavy (non-hydrogen) atoms. The molecule has 3 aliphatic heterocycles. The summed E-state index contributed by atoms with van der Waals surface area (Å²) in [6.07, 6.45) is -0.969. The average Bonchev–Trinajstić information content (AvgIpc) is 3.71. The molecule has 1 saturated carbocycles. The van der Waals surface area contributed by atoms with Crippen LogP contribution in [-0.4, -0.2) is 70.7 Å². The molecule has 11 heteroatoms. The summed E-state index contributed by atoms with van der Waals surface area (Å²) in [6.45, 7) is 9.10. The average molecular weight is 734 g/mol. The Bertz CT molecular complexity index is 1780. The molecular formula is C42H50F3N3O5. The molecule has 284 valence electrons. The molecule has 0 aromatic heterocycles. The standard InChI is InChI=1S/C42H50F3N3O5/c1-40(2)20-32-21-41(3,25-40)26-47(32)23-33-19-36(29-12-10-27(24-49)11-13-29)53-38(52-33)30-16-14-28(15-17-30)34-8-5-4-7-31(34)22-46-37(50)35-9-6-18-48(35)39(51)42(43,44)45/h4-5,7-8,10-17,32-33,35-36,38,49H,6,9,18-26H2,1-3H3,(H,46,50)/t32?,33-,35-,36+,38+,41?/m0/s1. The van der Waals surface area contributed by atoms with Crippen LogP contribution in [0.2, 0.25) is 0 Å². The maximum atomic E-state index is 13.1.